The minimum Gasteiger partial charge on any atom is -0.396 e. The van der Waals surface area contributed by atoms with Crippen LogP contribution >= 0.6 is 0 Å². The van der Waals surface area contributed by atoms with Crippen molar-refractivity contribution in [2.75, 3.05) is 19.7 Å². The molecule has 0 aliphatic rings. The van der Waals surface area contributed by atoms with Gasteiger partial charge in [-0.1, -0.05) is 13.8 Å². The molecular weight excluding hydrogens is 156 g/mol. The Hall–Kier alpha value is -0.160. The molecule has 0 radical (unpaired) electrons. The van der Waals surface area contributed by atoms with Gasteiger partial charge in [0.05, 0.1) is 6.10 Å². The van der Waals surface area contributed by atoms with E-state index in [-0.39, 0.29) is 18.6 Å². The molecule has 0 heterocycles. The first-order valence-electron chi connectivity index (χ1n) is 4.31. The fourth-order valence-electron chi connectivity index (χ4n) is 0.241. The van der Waals surface area contributed by atoms with Crippen LogP contribution in [0, 0.1) is 5.92 Å². The molecule has 0 saturated carbocycles. The first-order chi connectivity index (χ1) is 5.62. The standard InChI is InChI=1S/2C4H11NO/c1-4(2-5)3-6;1-2-4(6)3-5/h2*4,6H,2-3,5H2,1H3. The maximum Gasteiger partial charge on any atom is 0.0659 e. The molecule has 0 aromatic heterocycles. The fourth-order valence-corrected chi connectivity index (χ4v) is 0.241. The number of aliphatic hydroxyl groups is 2. The van der Waals surface area contributed by atoms with Crippen LogP contribution in [0.15, 0.2) is 0 Å². The van der Waals surface area contributed by atoms with Gasteiger partial charge in [0.15, 0.2) is 0 Å². The van der Waals surface area contributed by atoms with Crippen LogP contribution in [0.4, 0.5) is 0 Å². The Morgan fingerprint density at radius 1 is 1.25 bits per heavy atom. The molecule has 76 valence electrons. The van der Waals surface area contributed by atoms with Gasteiger partial charge in [-0.25, -0.2) is 0 Å². The van der Waals surface area contributed by atoms with Crippen LogP contribution in [0.2, 0.25) is 0 Å². The summed E-state index contributed by atoms with van der Waals surface area (Å²) in [7, 11) is 0. The molecule has 0 fully saturated rings. The van der Waals surface area contributed by atoms with Crippen LogP contribution in [0.5, 0.6) is 0 Å². The molecule has 0 bridgehead atoms. The Bertz CT molecular complexity index is 63.5. The third kappa shape index (κ3) is 12.5. The van der Waals surface area contributed by atoms with E-state index in [2.05, 4.69) is 0 Å². The van der Waals surface area contributed by atoms with Crippen molar-refractivity contribution in [3.63, 3.8) is 0 Å². The van der Waals surface area contributed by atoms with E-state index in [0.717, 1.165) is 6.42 Å². The fraction of sp³-hybridized carbons (Fsp3) is 1.00. The monoisotopic (exact) mass is 178 g/mol. The molecule has 0 rings (SSSR count). The predicted octanol–water partition coefficient (Wildman–Crippen LogP) is -0.710. The van der Waals surface area contributed by atoms with Gasteiger partial charge in [-0.3, -0.25) is 0 Å². The molecule has 0 aliphatic carbocycles. The molecule has 0 aromatic carbocycles. The van der Waals surface area contributed by atoms with Crippen molar-refractivity contribution in [3.05, 3.63) is 0 Å². The number of hydrogen-bond donors (Lipinski definition) is 4. The first kappa shape index (κ1) is 14.4. The largest absolute Gasteiger partial charge is 0.396 e. The van der Waals surface area contributed by atoms with Gasteiger partial charge in [-0.2, -0.15) is 0 Å². The molecule has 4 nitrogen and oxygen atoms in total. The summed E-state index contributed by atoms with van der Waals surface area (Å²) in [5, 5.41) is 16.8. The lowest BCUT2D eigenvalue weighted by atomic mass is 10.2. The summed E-state index contributed by atoms with van der Waals surface area (Å²) in [6.07, 6.45) is 0.473. The Kier molecular flexibility index (Phi) is 13.0. The van der Waals surface area contributed by atoms with E-state index in [1.54, 1.807) is 0 Å². The van der Waals surface area contributed by atoms with Crippen LogP contribution in [0.1, 0.15) is 20.3 Å². The van der Waals surface area contributed by atoms with Crippen molar-refractivity contribution in [1.29, 1.82) is 0 Å². The van der Waals surface area contributed by atoms with Crippen LogP contribution in [-0.4, -0.2) is 36.0 Å². The van der Waals surface area contributed by atoms with Crippen LogP contribution in [-0.2, 0) is 0 Å². The zero-order valence-electron chi connectivity index (χ0n) is 8.03. The highest BCUT2D eigenvalue weighted by Gasteiger charge is 1.91. The average molecular weight is 178 g/mol. The van der Waals surface area contributed by atoms with Crippen LogP contribution in [0.3, 0.4) is 0 Å². The summed E-state index contributed by atoms with van der Waals surface area (Å²) >= 11 is 0. The van der Waals surface area contributed by atoms with Crippen LogP contribution in [0.25, 0.3) is 0 Å². The lowest BCUT2D eigenvalue weighted by molar-refractivity contribution is 0.179. The smallest absolute Gasteiger partial charge is 0.0659 e. The van der Waals surface area contributed by atoms with Gasteiger partial charge in [0.2, 0.25) is 0 Å². The van der Waals surface area contributed by atoms with Crippen LogP contribution < -0.4 is 11.5 Å². The molecule has 2 atom stereocenters. The highest BCUT2D eigenvalue weighted by Crippen LogP contribution is 1.83. The van der Waals surface area contributed by atoms with Crippen molar-refractivity contribution < 1.29 is 10.2 Å². The van der Waals surface area contributed by atoms with Gasteiger partial charge in [-0.05, 0) is 18.9 Å². The Morgan fingerprint density at radius 3 is 1.75 bits per heavy atom. The molecule has 0 spiro atoms. The van der Waals surface area contributed by atoms with Gasteiger partial charge < -0.3 is 21.7 Å². The molecule has 0 amide bonds. The van der Waals surface area contributed by atoms with Crippen molar-refractivity contribution in [1.82, 2.24) is 0 Å². The SMILES string of the molecule is CC(CN)CO.CCC(O)CN. The number of hydrogen-bond acceptors (Lipinski definition) is 4. The minimum atomic E-state index is -0.287. The second-order valence-electron chi connectivity index (χ2n) is 2.82. The average Bonchev–Trinajstić information content (AvgIpc) is 2.16. The van der Waals surface area contributed by atoms with E-state index in [1.807, 2.05) is 13.8 Å². The summed E-state index contributed by atoms with van der Waals surface area (Å²) in [6.45, 7) is 4.97. The Balaban J connectivity index is 0. The summed E-state index contributed by atoms with van der Waals surface area (Å²) in [6, 6.07) is 0. The molecule has 4 heteroatoms. The van der Waals surface area contributed by atoms with Gasteiger partial charge >= 0.3 is 0 Å². The van der Waals surface area contributed by atoms with Gasteiger partial charge in [0.1, 0.15) is 0 Å². The van der Waals surface area contributed by atoms with Gasteiger partial charge in [0, 0.05) is 13.2 Å². The third-order valence-electron chi connectivity index (χ3n) is 1.46. The lowest BCUT2D eigenvalue weighted by Gasteiger charge is -1.98. The molecule has 0 aliphatic heterocycles. The molecular formula is C8H22N2O2. The molecule has 0 aromatic rings. The lowest BCUT2D eigenvalue weighted by Crippen LogP contribution is -2.17. The zero-order valence-corrected chi connectivity index (χ0v) is 8.03. The number of nitrogens with two attached hydrogens (primary N) is 2. The van der Waals surface area contributed by atoms with Crippen molar-refractivity contribution in [3.8, 4) is 0 Å². The van der Waals surface area contributed by atoms with E-state index in [9.17, 15) is 0 Å². The Labute approximate surface area is 74.6 Å². The van der Waals surface area contributed by atoms with Gasteiger partial charge in [0.25, 0.3) is 0 Å². The molecule has 0 saturated heterocycles. The minimum absolute atomic E-state index is 0.205. The van der Waals surface area contributed by atoms with E-state index in [0.29, 0.717) is 13.1 Å². The highest BCUT2D eigenvalue weighted by molar-refractivity contribution is 4.48. The zero-order chi connectivity index (χ0) is 9.98. The third-order valence-corrected chi connectivity index (χ3v) is 1.46. The number of aliphatic hydroxyl groups excluding tert-OH is 2. The second-order valence-corrected chi connectivity index (χ2v) is 2.82. The van der Waals surface area contributed by atoms with Crippen molar-refractivity contribution in [2.45, 2.75) is 26.4 Å². The van der Waals surface area contributed by atoms with Gasteiger partial charge in [-0.15, -0.1) is 0 Å². The second kappa shape index (κ2) is 10.8. The van der Waals surface area contributed by atoms with E-state index < -0.39 is 0 Å². The predicted molar refractivity (Wildman–Crippen MR) is 50.7 cm³/mol. The summed E-state index contributed by atoms with van der Waals surface area (Å²) in [5.41, 5.74) is 10.2. The molecule has 2 unspecified atom stereocenters. The maximum absolute atomic E-state index is 8.54. The molecule has 6 N–H and O–H groups in total. The normalized spacial score (nSPS) is 14.5. The van der Waals surface area contributed by atoms with E-state index >= 15 is 0 Å². The first-order valence-corrected chi connectivity index (χ1v) is 4.31. The topological polar surface area (TPSA) is 92.5 Å². The van der Waals surface area contributed by atoms with E-state index in [4.69, 9.17) is 21.7 Å². The van der Waals surface area contributed by atoms with Crippen molar-refractivity contribution >= 4 is 0 Å². The highest BCUT2D eigenvalue weighted by atomic mass is 16.3. The quantitative estimate of drug-likeness (QED) is 0.457. The number of rotatable bonds is 4. The molecule has 12 heavy (non-hydrogen) atoms. The van der Waals surface area contributed by atoms with Crippen molar-refractivity contribution in [2.24, 2.45) is 17.4 Å². The van der Waals surface area contributed by atoms with E-state index in [1.165, 1.54) is 0 Å². The maximum atomic E-state index is 8.54. The summed E-state index contributed by atoms with van der Waals surface area (Å²) < 4.78 is 0. The summed E-state index contributed by atoms with van der Waals surface area (Å²) in [4.78, 5) is 0. The Morgan fingerprint density at radius 2 is 1.75 bits per heavy atom. The summed E-state index contributed by atoms with van der Waals surface area (Å²) in [5.74, 6) is 0.269.